The molecular weight excluding hydrogens is 240 g/mol. The fourth-order valence-electron chi connectivity index (χ4n) is 2.10. The fraction of sp³-hybridized carbons (Fsp3) is 0.417. The molecule has 0 aliphatic carbocycles. The van der Waals surface area contributed by atoms with E-state index in [4.69, 9.17) is 22.1 Å². The highest BCUT2D eigenvalue weighted by atomic mass is 35.5. The molecule has 0 bridgehead atoms. The van der Waals surface area contributed by atoms with Crippen LogP contribution < -0.4 is 11.1 Å². The molecular formula is C12H15ClN2O2. The molecule has 0 radical (unpaired) electrons. The molecule has 1 unspecified atom stereocenters. The summed E-state index contributed by atoms with van der Waals surface area (Å²) in [5, 5.41) is 3.42. The van der Waals surface area contributed by atoms with Gasteiger partial charge in [0.05, 0.1) is 24.1 Å². The Morgan fingerprint density at radius 2 is 2.35 bits per heavy atom. The molecule has 3 N–H and O–H groups in total. The second kappa shape index (κ2) is 4.64. The molecule has 1 heterocycles. The molecule has 1 aliphatic rings. The molecule has 0 fully saturated rings. The largest absolute Gasteiger partial charge is 0.383 e. The van der Waals surface area contributed by atoms with E-state index in [1.807, 2.05) is 13.0 Å². The Morgan fingerprint density at radius 1 is 1.65 bits per heavy atom. The minimum Gasteiger partial charge on any atom is -0.383 e. The first-order chi connectivity index (χ1) is 8.04. The lowest BCUT2D eigenvalue weighted by Crippen LogP contribution is -2.17. The SMILES string of the molecule is COCC(N)c1cc2c(c(C)c1Cl)NC(=O)C2. The molecule has 1 aliphatic heterocycles. The van der Waals surface area contributed by atoms with Crippen molar-refractivity contribution in [2.75, 3.05) is 19.0 Å². The average Bonchev–Trinajstić information content (AvgIpc) is 2.65. The van der Waals surface area contributed by atoms with Gasteiger partial charge in [-0.1, -0.05) is 17.7 Å². The number of benzene rings is 1. The number of ether oxygens (including phenoxy) is 1. The van der Waals surface area contributed by atoms with Crippen molar-refractivity contribution in [2.24, 2.45) is 5.73 Å². The Morgan fingerprint density at radius 3 is 3.00 bits per heavy atom. The van der Waals surface area contributed by atoms with Crippen LogP contribution in [0.4, 0.5) is 5.69 Å². The highest BCUT2D eigenvalue weighted by Crippen LogP contribution is 2.36. The summed E-state index contributed by atoms with van der Waals surface area (Å²) < 4.78 is 5.03. The van der Waals surface area contributed by atoms with Crippen molar-refractivity contribution in [1.82, 2.24) is 0 Å². The number of fused-ring (bicyclic) bond motifs is 1. The van der Waals surface area contributed by atoms with Gasteiger partial charge in [0.25, 0.3) is 0 Å². The minimum atomic E-state index is -0.271. The number of carbonyl (C=O) groups is 1. The average molecular weight is 255 g/mol. The van der Waals surface area contributed by atoms with Crippen LogP contribution >= 0.6 is 11.6 Å². The second-order valence-electron chi connectivity index (χ2n) is 4.23. The van der Waals surface area contributed by atoms with Gasteiger partial charge in [-0.2, -0.15) is 0 Å². The number of carbonyl (C=O) groups excluding carboxylic acids is 1. The quantitative estimate of drug-likeness (QED) is 0.864. The van der Waals surface area contributed by atoms with Crippen LogP contribution in [0.3, 0.4) is 0 Å². The maximum atomic E-state index is 11.4. The topological polar surface area (TPSA) is 64.3 Å². The Bertz CT molecular complexity index is 474. The summed E-state index contributed by atoms with van der Waals surface area (Å²) in [6.45, 7) is 2.29. The Hall–Kier alpha value is -1.10. The fourth-order valence-corrected chi connectivity index (χ4v) is 2.39. The normalized spacial score (nSPS) is 15.6. The summed E-state index contributed by atoms with van der Waals surface area (Å²) in [6.07, 6.45) is 0.389. The molecule has 0 saturated heterocycles. The number of halogens is 1. The molecule has 4 nitrogen and oxygen atoms in total. The minimum absolute atomic E-state index is 0.00312. The van der Waals surface area contributed by atoms with E-state index >= 15 is 0 Å². The maximum absolute atomic E-state index is 11.4. The van der Waals surface area contributed by atoms with Crippen LogP contribution in [0.5, 0.6) is 0 Å². The summed E-state index contributed by atoms with van der Waals surface area (Å²) in [7, 11) is 1.60. The van der Waals surface area contributed by atoms with Gasteiger partial charge in [0.15, 0.2) is 0 Å². The lowest BCUT2D eigenvalue weighted by atomic mass is 9.99. The van der Waals surface area contributed by atoms with Gasteiger partial charge in [-0.25, -0.2) is 0 Å². The van der Waals surface area contributed by atoms with Crippen LogP contribution in [0.25, 0.3) is 0 Å². The van der Waals surface area contributed by atoms with Crippen molar-refractivity contribution in [3.63, 3.8) is 0 Å². The second-order valence-corrected chi connectivity index (χ2v) is 4.60. The van der Waals surface area contributed by atoms with Gasteiger partial charge in [0, 0.05) is 12.8 Å². The number of nitrogens with two attached hydrogens (primary N) is 1. The van der Waals surface area contributed by atoms with Crippen molar-refractivity contribution >= 4 is 23.2 Å². The van der Waals surface area contributed by atoms with Gasteiger partial charge < -0.3 is 15.8 Å². The highest BCUT2D eigenvalue weighted by Gasteiger charge is 2.24. The lowest BCUT2D eigenvalue weighted by Gasteiger charge is -2.16. The third-order valence-corrected chi connectivity index (χ3v) is 3.47. The first-order valence-corrected chi connectivity index (χ1v) is 5.78. The van der Waals surface area contributed by atoms with Gasteiger partial charge in [-0.3, -0.25) is 4.79 Å². The van der Waals surface area contributed by atoms with E-state index in [0.717, 1.165) is 22.4 Å². The number of hydrogen-bond donors (Lipinski definition) is 2. The molecule has 0 spiro atoms. The molecule has 1 atom stereocenters. The molecule has 5 heteroatoms. The Kier molecular flexibility index (Phi) is 3.38. The molecule has 2 rings (SSSR count). The summed E-state index contributed by atoms with van der Waals surface area (Å²) in [6, 6.07) is 1.62. The van der Waals surface area contributed by atoms with E-state index in [2.05, 4.69) is 5.32 Å². The molecule has 17 heavy (non-hydrogen) atoms. The summed E-state index contributed by atoms with van der Waals surface area (Å²) in [5.74, 6) is -0.00312. The lowest BCUT2D eigenvalue weighted by molar-refractivity contribution is -0.115. The van der Waals surface area contributed by atoms with E-state index in [-0.39, 0.29) is 11.9 Å². The van der Waals surface area contributed by atoms with Crippen LogP contribution in [0.1, 0.15) is 22.7 Å². The predicted molar refractivity (Wildman–Crippen MR) is 67.3 cm³/mol. The first-order valence-electron chi connectivity index (χ1n) is 5.40. The molecule has 1 aromatic rings. The monoisotopic (exact) mass is 254 g/mol. The van der Waals surface area contributed by atoms with Gasteiger partial charge in [-0.15, -0.1) is 0 Å². The molecule has 0 saturated carbocycles. The third kappa shape index (κ3) is 2.16. The number of nitrogens with one attached hydrogen (secondary N) is 1. The maximum Gasteiger partial charge on any atom is 0.228 e. The number of rotatable bonds is 3. The smallest absolute Gasteiger partial charge is 0.228 e. The number of amides is 1. The van der Waals surface area contributed by atoms with Gasteiger partial charge in [0.1, 0.15) is 0 Å². The third-order valence-electron chi connectivity index (χ3n) is 2.97. The number of methoxy groups -OCH3 is 1. The van der Waals surface area contributed by atoms with Crippen molar-refractivity contribution in [1.29, 1.82) is 0 Å². The van der Waals surface area contributed by atoms with Crippen LogP contribution in [-0.4, -0.2) is 19.6 Å². The molecule has 0 aromatic heterocycles. The molecule has 1 aromatic carbocycles. The molecule has 1 amide bonds. The Labute approximate surface area is 105 Å². The van der Waals surface area contributed by atoms with Crippen molar-refractivity contribution in [3.8, 4) is 0 Å². The zero-order chi connectivity index (χ0) is 12.6. The van der Waals surface area contributed by atoms with Gasteiger partial charge in [-0.05, 0) is 23.6 Å². The number of anilines is 1. The predicted octanol–water partition coefficient (Wildman–Crippen LogP) is 1.79. The van der Waals surface area contributed by atoms with Crippen LogP contribution in [-0.2, 0) is 16.0 Å². The van der Waals surface area contributed by atoms with Gasteiger partial charge in [0.2, 0.25) is 5.91 Å². The Balaban J connectivity index is 2.46. The summed E-state index contributed by atoms with van der Waals surface area (Å²) in [4.78, 5) is 11.4. The van der Waals surface area contributed by atoms with Crippen LogP contribution in [0.2, 0.25) is 5.02 Å². The van der Waals surface area contributed by atoms with E-state index in [9.17, 15) is 4.79 Å². The number of hydrogen-bond acceptors (Lipinski definition) is 3. The van der Waals surface area contributed by atoms with E-state index in [1.165, 1.54) is 0 Å². The standard InChI is InChI=1S/C12H15ClN2O2/c1-6-11(13)8(9(14)5-17-2)3-7-4-10(16)15-12(6)7/h3,9H,4-5,14H2,1-2H3,(H,15,16). The van der Waals surface area contributed by atoms with Crippen LogP contribution in [0, 0.1) is 6.92 Å². The van der Waals surface area contributed by atoms with E-state index < -0.39 is 0 Å². The summed E-state index contributed by atoms with van der Waals surface area (Å²) in [5.41, 5.74) is 9.48. The van der Waals surface area contributed by atoms with Gasteiger partial charge >= 0.3 is 0 Å². The van der Waals surface area contributed by atoms with Crippen molar-refractivity contribution < 1.29 is 9.53 Å². The van der Waals surface area contributed by atoms with Crippen LogP contribution in [0.15, 0.2) is 6.07 Å². The summed E-state index contributed by atoms with van der Waals surface area (Å²) >= 11 is 6.27. The zero-order valence-electron chi connectivity index (χ0n) is 9.84. The zero-order valence-corrected chi connectivity index (χ0v) is 10.6. The highest BCUT2D eigenvalue weighted by molar-refractivity contribution is 6.33. The van der Waals surface area contributed by atoms with E-state index in [1.54, 1.807) is 7.11 Å². The van der Waals surface area contributed by atoms with Crippen molar-refractivity contribution in [3.05, 3.63) is 27.8 Å². The van der Waals surface area contributed by atoms with E-state index in [0.29, 0.717) is 18.1 Å². The van der Waals surface area contributed by atoms with Crippen molar-refractivity contribution in [2.45, 2.75) is 19.4 Å². The first kappa shape index (κ1) is 12.4. The molecule has 92 valence electrons.